The molecule has 3 aromatic carbocycles. The van der Waals surface area contributed by atoms with Gasteiger partial charge in [-0.05, 0) is 48.0 Å². The highest BCUT2D eigenvalue weighted by Gasteiger charge is 2.42. The fourth-order valence-corrected chi connectivity index (χ4v) is 4.83. The summed E-state index contributed by atoms with van der Waals surface area (Å²) in [6.45, 7) is 0.305. The number of nitrogens with one attached hydrogen (secondary N) is 1. The monoisotopic (exact) mass is 426 g/mol. The molecule has 0 saturated carbocycles. The van der Waals surface area contributed by atoms with Crippen LogP contribution in [0.1, 0.15) is 26.3 Å². The summed E-state index contributed by atoms with van der Waals surface area (Å²) in [4.78, 5) is 25.0. The zero-order chi connectivity index (χ0) is 20.6. The lowest BCUT2D eigenvalue weighted by Crippen LogP contribution is -2.29. The number of benzene rings is 3. The molecule has 3 aromatic rings. The molecule has 6 nitrogen and oxygen atoms in total. The van der Waals surface area contributed by atoms with Gasteiger partial charge in [0.25, 0.3) is 21.8 Å². The van der Waals surface area contributed by atoms with E-state index in [-0.39, 0.29) is 21.7 Å². The zero-order valence-corrected chi connectivity index (χ0v) is 16.6. The third-order valence-corrected chi connectivity index (χ3v) is 6.54. The maximum absolute atomic E-state index is 13.0. The van der Waals surface area contributed by atoms with Gasteiger partial charge in [0.05, 0.1) is 11.3 Å². The summed E-state index contributed by atoms with van der Waals surface area (Å²) >= 11 is 5.85. The van der Waals surface area contributed by atoms with Crippen LogP contribution < -0.4 is 9.62 Å². The predicted octanol–water partition coefficient (Wildman–Crippen LogP) is 3.62. The first kappa shape index (κ1) is 19.2. The van der Waals surface area contributed by atoms with Crippen LogP contribution in [0.4, 0.5) is 5.69 Å². The molecule has 0 aliphatic carbocycles. The van der Waals surface area contributed by atoms with Gasteiger partial charge in [0.15, 0.2) is 0 Å². The van der Waals surface area contributed by atoms with E-state index in [4.69, 9.17) is 11.6 Å². The van der Waals surface area contributed by atoms with Crippen molar-refractivity contribution in [2.75, 3.05) is 4.31 Å². The molecule has 0 spiro atoms. The quantitative estimate of drug-likeness (QED) is 0.690. The summed E-state index contributed by atoms with van der Waals surface area (Å²) in [7, 11) is -4.12. The van der Waals surface area contributed by atoms with Crippen LogP contribution in [0.25, 0.3) is 0 Å². The van der Waals surface area contributed by atoms with Crippen LogP contribution in [0.3, 0.4) is 0 Å². The van der Waals surface area contributed by atoms with Crippen molar-refractivity contribution in [2.24, 2.45) is 0 Å². The Morgan fingerprint density at radius 3 is 2.34 bits per heavy atom. The second-order valence-electron chi connectivity index (χ2n) is 6.43. The third kappa shape index (κ3) is 3.50. The van der Waals surface area contributed by atoms with Crippen molar-refractivity contribution in [3.63, 3.8) is 0 Å². The first-order chi connectivity index (χ1) is 13.9. The minimum absolute atomic E-state index is 0.0274. The van der Waals surface area contributed by atoms with E-state index >= 15 is 0 Å². The first-order valence-electron chi connectivity index (χ1n) is 8.69. The number of nitrogens with zero attached hydrogens (tertiary/aromatic N) is 1. The summed E-state index contributed by atoms with van der Waals surface area (Å²) in [6, 6.07) is 19.3. The van der Waals surface area contributed by atoms with E-state index in [1.54, 1.807) is 0 Å². The molecule has 1 heterocycles. The maximum Gasteiger partial charge on any atom is 0.273 e. The molecule has 0 bridgehead atoms. The van der Waals surface area contributed by atoms with Crippen LogP contribution >= 0.6 is 11.6 Å². The van der Waals surface area contributed by atoms with Crippen molar-refractivity contribution in [3.8, 4) is 0 Å². The summed E-state index contributed by atoms with van der Waals surface area (Å²) in [6.07, 6.45) is 0. The van der Waals surface area contributed by atoms with Gasteiger partial charge >= 0.3 is 0 Å². The number of fused-ring (bicyclic) bond motifs is 1. The molecule has 0 aromatic heterocycles. The molecule has 0 radical (unpaired) electrons. The maximum atomic E-state index is 13.0. The molecule has 0 saturated heterocycles. The normalized spacial score (nSPS) is 14.5. The number of carbonyl (C=O) groups is 2. The molecule has 1 N–H and O–H groups in total. The third-order valence-electron chi connectivity index (χ3n) is 4.53. The second-order valence-corrected chi connectivity index (χ2v) is 8.62. The van der Waals surface area contributed by atoms with E-state index in [2.05, 4.69) is 5.32 Å². The van der Waals surface area contributed by atoms with Gasteiger partial charge in [-0.15, -0.1) is 0 Å². The Kier molecular flexibility index (Phi) is 4.86. The van der Waals surface area contributed by atoms with Gasteiger partial charge < -0.3 is 5.32 Å². The summed E-state index contributed by atoms with van der Waals surface area (Å²) < 4.78 is 26.7. The molecule has 1 aliphatic heterocycles. The molecule has 1 aliphatic rings. The predicted molar refractivity (Wildman–Crippen MR) is 110 cm³/mol. The molecule has 29 heavy (non-hydrogen) atoms. The van der Waals surface area contributed by atoms with Crippen LogP contribution in [-0.4, -0.2) is 20.2 Å². The van der Waals surface area contributed by atoms with E-state index in [1.165, 1.54) is 42.5 Å². The first-order valence-corrected chi connectivity index (χ1v) is 10.5. The van der Waals surface area contributed by atoms with Crippen LogP contribution in [0, 0.1) is 0 Å². The van der Waals surface area contributed by atoms with Crippen molar-refractivity contribution >= 4 is 39.1 Å². The Bertz CT molecular complexity index is 1210. The Morgan fingerprint density at radius 1 is 0.966 bits per heavy atom. The average molecular weight is 427 g/mol. The standard InChI is InChI=1S/C21H15ClN2O4S/c22-16-7-9-17(10-8-16)24-21(26)18-11-6-15(12-19(18)29(24,27)28)20(25)23-13-14-4-2-1-3-5-14/h1-12H,13H2,(H,23,25). The minimum Gasteiger partial charge on any atom is -0.348 e. The highest BCUT2D eigenvalue weighted by molar-refractivity contribution is 7.94. The highest BCUT2D eigenvalue weighted by Crippen LogP contribution is 2.35. The Labute approximate surface area is 172 Å². The Morgan fingerprint density at radius 2 is 1.66 bits per heavy atom. The minimum atomic E-state index is -4.12. The van der Waals surface area contributed by atoms with E-state index in [9.17, 15) is 18.0 Å². The smallest absolute Gasteiger partial charge is 0.273 e. The molecular formula is C21H15ClN2O4S. The molecule has 2 amide bonds. The van der Waals surface area contributed by atoms with Crippen molar-refractivity contribution < 1.29 is 18.0 Å². The van der Waals surface area contributed by atoms with E-state index in [0.29, 0.717) is 11.6 Å². The lowest BCUT2D eigenvalue weighted by Gasteiger charge is -2.14. The van der Waals surface area contributed by atoms with Gasteiger partial charge in [0, 0.05) is 17.1 Å². The number of halogens is 1. The fraction of sp³-hybridized carbons (Fsp3) is 0.0476. The fourth-order valence-electron chi connectivity index (χ4n) is 3.08. The molecule has 0 unspecified atom stereocenters. The lowest BCUT2D eigenvalue weighted by molar-refractivity contribution is 0.0948. The van der Waals surface area contributed by atoms with Crippen LogP contribution in [0.2, 0.25) is 5.02 Å². The Hall–Kier alpha value is -3.16. The van der Waals surface area contributed by atoms with Crippen molar-refractivity contribution in [2.45, 2.75) is 11.4 Å². The molecule has 146 valence electrons. The van der Waals surface area contributed by atoms with Gasteiger partial charge in [-0.25, -0.2) is 8.42 Å². The molecule has 8 heteroatoms. The molecule has 4 rings (SSSR count). The summed E-state index contributed by atoms with van der Waals surface area (Å²) in [5.74, 6) is -1.09. The second kappa shape index (κ2) is 7.35. The highest BCUT2D eigenvalue weighted by atomic mass is 35.5. The number of hydrogen-bond donors (Lipinski definition) is 1. The number of carbonyl (C=O) groups excluding carboxylic acids is 2. The number of hydrogen-bond acceptors (Lipinski definition) is 4. The van der Waals surface area contributed by atoms with Crippen LogP contribution in [0.15, 0.2) is 77.7 Å². The van der Waals surface area contributed by atoms with Crippen molar-refractivity contribution in [1.82, 2.24) is 5.32 Å². The van der Waals surface area contributed by atoms with Gasteiger partial charge in [-0.1, -0.05) is 41.9 Å². The van der Waals surface area contributed by atoms with Crippen molar-refractivity contribution in [1.29, 1.82) is 0 Å². The molecule has 0 atom stereocenters. The Balaban J connectivity index is 1.63. The van der Waals surface area contributed by atoms with Gasteiger partial charge in [0.1, 0.15) is 4.90 Å². The van der Waals surface area contributed by atoms with Gasteiger partial charge in [-0.2, -0.15) is 4.31 Å². The number of sulfonamides is 1. The topological polar surface area (TPSA) is 83.6 Å². The summed E-state index contributed by atoms with van der Waals surface area (Å²) in [5, 5.41) is 3.17. The molecular weight excluding hydrogens is 412 g/mol. The van der Waals surface area contributed by atoms with E-state index < -0.39 is 21.8 Å². The van der Waals surface area contributed by atoms with Crippen LogP contribution in [-0.2, 0) is 16.6 Å². The number of amides is 2. The van der Waals surface area contributed by atoms with E-state index in [0.717, 1.165) is 9.87 Å². The van der Waals surface area contributed by atoms with Gasteiger partial charge in [0.2, 0.25) is 0 Å². The largest absolute Gasteiger partial charge is 0.348 e. The van der Waals surface area contributed by atoms with E-state index in [1.807, 2.05) is 30.3 Å². The van der Waals surface area contributed by atoms with Gasteiger partial charge in [-0.3, -0.25) is 9.59 Å². The molecule has 0 fully saturated rings. The lowest BCUT2D eigenvalue weighted by atomic mass is 10.1. The van der Waals surface area contributed by atoms with Crippen LogP contribution in [0.5, 0.6) is 0 Å². The SMILES string of the molecule is O=C(NCc1ccccc1)c1ccc2c(c1)S(=O)(=O)N(c1ccc(Cl)cc1)C2=O. The van der Waals surface area contributed by atoms with Crippen molar-refractivity contribution in [3.05, 3.63) is 94.5 Å². The summed E-state index contributed by atoms with van der Waals surface area (Å²) in [5.41, 5.74) is 1.29. The number of rotatable bonds is 4. The number of anilines is 1. The average Bonchev–Trinajstić information content (AvgIpc) is 2.93. The zero-order valence-electron chi connectivity index (χ0n) is 15.0.